The van der Waals surface area contributed by atoms with Crippen molar-refractivity contribution < 1.29 is 9.59 Å². The number of amides is 2. The molecule has 2 aromatic rings. The number of aromatic nitrogens is 1. The smallest absolute Gasteiger partial charge is 0.232 e. The van der Waals surface area contributed by atoms with Crippen molar-refractivity contribution in [1.82, 2.24) is 9.88 Å². The molecule has 2 heterocycles. The van der Waals surface area contributed by atoms with Crippen LogP contribution in [0.25, 0.3) is 0 Å². The summed E-state index contributed by atoms with van der Waals surface area (Å²) in [5.74, 6) is -0.457. The third kappa shape index (κ3) is 3.45. The van der Waals surface area contributed by atoms with E-state index in [0.29, 0.717) is 13.1 Å². The molecule has 1 N–H and O–H groups in total. The molecule has 1 atom stereocenters. The van der Waals surface area contributed by atoms with Crippen LogP contribution in [0, 0.1) is 0 Å². The molecule has 1 aliphatic rings. The molecule has 0 aliphatic carbocycles. The topological polar surface area (TPSA) is 62.3 Å². The standard InChI is InChI=1S/C19H21N3O2/c1-2-22(12-9-14-7-10-20-11-8-14)18(23)13-16-15-5-3-4-6-17(15)21-19(16)24/h3-8,10-11,16H,2,9,12-13H2,1H3,(H,21,24). The van der Waals surface area contributed by atoms with Gasteiger partial charge in [-0.2, -0.15) is 0 Å². The average Bonchev–Trinajstić information content (AvgIpc) is 2.92. The molecular formula is C19H21N3O2. The Morgan fingerprint density at radius 3 is 2.71 bits per heavy atom. The zero-order chi connectivity index (χ0) is 16.9. The van der Waals surface area contributed by atoms with E-state index in [2.05, 4.69) is 10.3 Å². The quantitative estimate of drug-likeness (QED) is 0.889. The summed E-state index contributed by atoms with van der Waals surface area (Å²) in [7, 11) is 0. The highest BCUT2D eigenvalue weighted by atomic mass is 16.2. The number of rotatable bonds is 6. The van der Waals surface area contributed by atoms with Crippen molar-refractivity contribution >= 4 is 17.5 Å². The number of benzene rings is 1. The zero-order valence-electron chi connectivity index (χ0n) is 13.7. The lowest BCUT2D eigenvalue weighted by Gasteiger charge is -2.22. The van der Waals surface area contributed by atoms with Crippen molar-refractivity contribution in [3.63, 3.8) is 0 Å². The Hall–Kier alpha value is -2.69. The Labute approximate surface area is 141 Å². The lowest BCUT2D eigenvalue weighted by atomic mass is 9.96. The van der Waals surface area contributed by atoms with Crippen molar-refractivity contribution in [1.29, 1.82) is 0 Å². The molecule has 3 rings (SSSR count). The molecule has 5 nitrogen and oxygen atoms in total. The van der Waals surface area contributed by atoms with Crippen LogP contribution in [0.4, 0.5) is 5.69 Å². The monoisotopic (exact) mass is 323 g/mol. The molecule has 0 bridgehead atoms. The molecule has 1 aliphatic heterocycles. The van der Waals surface area contributed by atoms with E-state index in [0.717, 1.165) is 23.2 Å². The number of nitrogens with zero attached hydrogens (tertiary/aromatic N) is 2. The van der Waals surface area contributed by atoms with Gasteiger partial charge in [0, 0.05) is 37.6 Å². The van der Waals surface area contributed by atoms with Gasteiger partial charge in [-0.05, 0) is 42.7 Å². The van der Waals surface area contributed by atoms with Crippen LogP contribution in [-0.2, 0) is 16.0 Å². The van der Waals surface area contributed by atoms with Gasteiger partial charge in [-0.25, -0.2) is 0 Å². The maximum Gasteiger partial charge on any atom is 0.232 e. The highest BCUT2D eigenvalue weighted by Gasteiger charge is 2.32. The first-order valence-corrected chi connectivity index (χ1v) is 8.25. The molecule has 1 aromatic heterocycles. The summed E-state index contributed by atoms with van der Waals surface area (Å²) in [4.78, 5) is 30.6. The number of anilines is 1. The number of hydrogen-bond donors (Lipinski definition) is 1. The maximum atomic E-state index is 12.6. The second kappa shape index (κ2) is 7.25. The van der Waals surface area contributed by atoms with E-state index >= 15 is 0 Å². The van der Waals surface area contributed by atoms with E-state index in [-0.39, 0.29) is 24.2 Å². The van der Waals surface area contributed by atoms with Gasteiger partial charge < -0.3 is 10.2 Å². The number of likely N-dealkylation sites (N-methyl/N-ethyl adjacent to an activating group) is 1. The number of carbonyl (C=O) groups is 2. The molecule has 1 unspecified atom stereocenters. The van der Waals surface area contributed by atoms with Gasteiger partial charge in [-0.1, -0.05) is 18.2 Å². The summed E-state index contributed by atoms with van der Waals surface area (Å²) >= 11 is 0. The lowest BCUT2D eigenvalue weighted by Crippen LogP contribution is -2.34. The molecule has 24 heavy (non-hydrogen) atoms. The number of pyridine rings is 1. The van der Waals surface area contributed by atoms with Gasteiger partial charge >= 0.3 is 0 Å². The van der Waals surface area contributed by atoms with Gasteiger partial charge in [0.25, 0.3) is 0 Å². The fourth-order valence-electron chi connectivity index (χ4n) is 3.05. The first kappa shape index (κ1) is 16.2. The van der Waals surface area contributed by atoms with Gasteiger partial charge in [-0.15, -0.1) is 0 Å². The van der Waals surface area contributed by atoms with Crippen molar-refractivity contribution in [2.75, 3.05) is 18.4 Å². The first-order valence-electron chi connectivity index (χ1n) is 8.25. The van der Waals surface area contributed by atoms with Crippen LogP contribution in [0.5, 0.6) is 0 Å². The third-order valence-corrected chi connectivity index (χ3v) is 4.44. The number of carbonyl (C=O) groups excluding carboxylic acids is 2. The number of para-hydroxylation sites is 1. The Morgan fingerprint density at radius 1 is 1.21 bits per heavy atom. The largest absolute Gasteiger partial charge is 0.343 e. The molecule has 1 aromatic carbocycles. The van der Waals surface area contributed by atoms with Crippen molar-refractivity contribution in [3.8, 4) is 0 Å². The van der Waals surface area contributed by atoms with Crippen LogP contribution in [-0.4, -0.2) is 34.8 Å². The third-order valence-electron chi connectivity index (χ3n) is 4.44. The van der Waals surface area contributed by atoms with Crippen LogP contribution in [0.1, 0.15) is 30.4 Å². The second-order valence-electron chi connectivity index (χ2n) is 5.91. The number of hydrogen-bond acceptors (Lipinski definition) is 3. The van der Waals surface area contributed by atoms with Crippen LogP contribution in [0.3, 0.4) is 0 Å². The van der Waals surface area contributed by atoms with Gasteiger partial charge in [0.1, 0.15) is 0 Å². The molecule has 2 amide bonds. The number of fused-ring (bicyclic) bond motifs is 1. The Morgan fingerprint density at radius 2 is 1.96 bits per heavy atom. The highest BCUT2D eigenvalue weighted by molar-refractivity contribution is 6.04. The fraction of sp³-hybridized carbons (Fsp3) is 0.316. The Balaban J connectivity index is 1.63. The normalized spacial score (nSPS) is 15.7. The molecule has 0 saturated heterocycles. The van der Waals surface area contributed by atoms with Crippen LogP contribution in [0.15, 0.2) is 48.8 Å². The van der Waals surface area contributed by atoms with Crippen LogP contribution < -0.4 is 5.32 Å². The van der Waals surface area contributed by atoms with E-state index in [1.807, 2.05) is 48.2 Å². The second-order valence-corrected chi connectivity index (χ2v) is 5.91. The van der Waals surface area contributed by atoms with Crippen molar-refractivity contribution in [2.45, 2.75) is 25.7 Å². The fourth-order valence-corrected chi connectivity index (χ4v) is 3.05. The lowest BCUT2D eigenvalue weighted by molar-refractivity contribution is -0.133. The SMILES string of the molecule is CCN(CCc1ccncc1)C(=O)CC1C(=O)Nc2ccccc21. The van der Waals surface area contributed by atoms with Crippen molar-refractivity contribution in [3.05, 3.63) is 59.9 Å². The van der Waals surface area contributed by atoms with Gasteiger partial charge in [-0.3, -0.25) is 14.6 Å². The van der Waals surface area contributed by atoms with E-state index in [4.69, 9.17) is 0 Å². The first-order chi connectivity index (χ1) is 11.7. The summed E-state index contributed by atoms with van der Waals surface area (Å²) in [5.41, 5.74) is 2.89. The highest BCUT2D eigenvalue weighted by Crippen LogP contribution is 2.34. The van der Waals surface area contributed by atoms with Crippen LogP contribution in [0.2, 0.25) is 0 Å². The van der Waals surface area contributed by atoms with Gasteiger partial charge in [0.05, 0.1) is 5.92 Å². The zero-order valence-corrected chi connectivity index (χ0v) is 13.7. The summed E-state index contributed by atoms with van der Waals surface area (Å²) < 4.78 is 0. The Kier molecular flexibility index (Phi) is 4.89. The molecule has 0 fully saturated rings. The molecule has 0 radical (unpaired) electrons. The maximum absolute atomic E-state index is 12.6. The van der Waals surface area contributed by atoms with E-state index in [1.54, 1.807) is 12.4 Å². The van der Waals surface area contributed by atoms with E-state index in [9.17, 15) is 9.59 Å². The molecule has 124 valence electrons. The van der Waals surface area contributed by atoms with Crippen molar-refractivity contribution in [2.24, 2.45) is 0 Å². The summed E-state index contributed by atoms with van der Waals surface area (Å²) in [6.07, 6.45) is 4.52. The van der Waals surface area contributed by atoms with E-state index in [1.165, 1.54) is 0 Å². The average molecular weight is 323 g/mol. The minimum atomic E-state index is -0.385. The van der Waals surface area contributed by atoms with E-state index < -0.39 is 0 Å². The summed E-state index contributed by atoms with van der Waals surface area (Å²) in [6.45, 7) is 3.25. The minimum Gasteiger partial charge on any atom is -0.343 e. The molecule has 0 saturated carbocycles. The summed E-state index contributed by atoms with van der Waals surface area (Å²) in [6, 6.07) is 11.5. The molecule has 0 spiro atoms. The predicted molar refractivity (Wildman–Crippen MR) is 92.6 cm³/mol. The van der Waals surface area contributed by atoms with Crippen LogP contribution >= 0.6 is 0 Å². The summed E-state index contributed by atoms with van der Waals surface area (Å²) in [5, 5.41) is 2.85. The molecule has 5 heteroatoms. The number of nitrogens with one attached hydrogen (secondary N) is 1. The predicted octanol–water partition coefficient (Wildman–Crippen LogP) is 2.60. The minimum absolute atomic E-state index is 0.0170. The van der Waals surface area contributed by atoms with Gasteiger partial charge in [0.15, 0.2) is 0 Å². The molecular weight excluding hydrogens is 302 g/mol. The van der Waals surface area contributed by atoms with Gasteiger partial charge in [0.2, 0.25) is 11.8 Å². The Bertz CT molecular complexity index is 730.